The molecule has 4 rings (SSSR count). The summed E-state index contributed by atoms with van der Waals surface area (Å²) < 4.78 is 5.95. The fourth-order valence-electron chi connectivity index (χ4n) is 3.35. The second kappa shape index (κ2) is 9.30. The number of benzene rings is 3. The minimum absolute atomic E-state index is 0.197. The van der Waals surface area contributed by atoms with E-state index in [4.69, 9.17) is 16.3 Å². The molecule has 1 aliphatic heterocycles. The molecule has 0 bridgehead atoms. The Morgan fingerprint density at radius 3 is 2.21 bits per heavy atom. The van der Waals surface area contributed by atoms with E-state index in [-0.39, 0.29) is 5.57 Å². The Bertz CT molecular complexity index is 1260. The number of hydrogen-bond donors (Lipinski definition) is 1. The standard InChI is InChI=1S/C26H21ClN2O4/c1-16-3-7-18(8-4-16)15-33-23-12-9-20(27)13-19(23)14-22-24(30)28-26(32)29(25(22)31)21-10-5-17(2)6-11-21/h3-14H,15H2,1-2H3,(H,28,30,32)/b22-14+. The number of imide groups is 2. The highest BCUT2D eigenvalue weighted by Gasteiger charge is 2.37. The molecule has 166 valence electrons. The number of rotatable bonds is 5. The van der Waals surface area contributed by atoms with Crippen molar-refractivity contribution in [2.24, 2.45) is 0 Å². The van der Waals surface area contributed by atoms with Crippen LogP contribution >= 0.6 is 11.6 Å². The van der Waals surface area contributed by atoms with E-state index in [9.17, 15) is 14.4 Å². The Kier molecular flexibility index (Phi) is 6.29. The molecule has 33 heavy (non-hydrogen) atoms. The summed E-state index contributed by atoms with van der Waals surface area (Å²) in [5.41, 5.74) is 3.71. The van der Waals surface area contributed by atoms with E-state index in [0.717, 1.165) is 21.6 Å². The third kappa shape index (κ3) is 4.96. The summed E-state index contributed by atoms with van der Waals surface area (Å²) in [6.45, 7) is 4.20. The van der Waals surface area contributed by atoms with Crippen LogP contribution in [0.2, 0.25) is 5.02 Å². The Hall–Kier alpha value is -3.90. The zero-order valence-corrected chi connectivity index (χ0v) is 18.8. The van der Waals surface area contributed by atoms with Crippen molar-refractivity contribution in [1.82, 2.24) is 5.32 Å². The topological polar surface area (TPSA) is 75.7 Å². The number of hydrogen-bond acceptors (Lipinski definition) is 4. The number of ether oxygens (including phenoxy) is 1. The van der Waals surface area contributed by atoms with Gasteiger partial charge in [-0.05, 0) is 55.8 Å². The van der Waals surface area contributed by atoms with Gasteiger partial charge >= 0.3 is 6.03 Å². The Labute approximate surface area is 196 Å². The molecule has 1 heterocycles. The second-order valence-electron chi connectivity index (χ2n) is 7.75. The van der Waals surface area contributed by atoms with Crippen molar-refractivity contribution in [1.29, 1.82) is 0 Å². The van der Waals surface area contributed by atoms with Gasteiger partial charge in [-0.15, -0.1) is 0 Å². The molecule has 0 aliphatic carbocycles. The predicted molar refractivity (Wildman–Crippen MR) is 127 cm³/mol. The summed E-state index contributed by atoms with van der Waals surface area (Å²) in [6.07, 6.45) is 1.39. The molecule has 0 spiro atoms. The Morgan fingerprint density at radius 1 is 0.909 bits per heavy atom. The van der Waals surface area contributed by atoms with Crippen molar-refractivity contribution in [3.63, 3.8) is 0 Å². The first-order chi connectivity index (χ1) is 15.8. The molecule has 4 amide bonds. The largest absolute Gasteiger partial charge is 0.488 e. The SMILES string of the molecule is Cc1ccc(COc2ccc(Cl)cc2/C=C2\C(=O)NC(=O)N(c3ccc(C)cc3)C2=O)cc1. The zero-order chi connectivity index (χ0) is 23.5. The van der Waals surface area contributed by atoms with Gasteiger partial charge in [0.25, 0.3) is 11.8 Å². The smallest absolute Gasteiger partial charge is 0.335 e. The lowest BCUT2D eigenvalue weighted by atomic mass is 10.1. The maximum atomic E-state index is 13.1. The van der Waals surface area contributed by atoms with Crippen LogP contribution in [0.5, 0.6) is 5.75 Å². The fraction of sp³-hybridized carbons (Fsp3) is 0.115. The lowest BCUT2D eigenvalue weighted by Gasteiger charge is -2.26. The van der Waals surface area contributed by atoms with Crippen molar-refractivity contribution in [2.45, 2.75) is 20.5 Å². The molecule has 0 unspecified atom stereocenters. The van der Waals surface area contributed by atoms with Crippen LogP contribution in [0.25, 0.3) is 6.08 Å². The fourth-order valence-corrected chi connectivity index (χ4v) is 3.53. The van der Waals surface area contributed by atoms with E-state index in [2.05, 4.69) is 5.32 Å². The van der Waals surface area contributed by atoms with Crippen molar-refractivity contribution in [3.8, 4) is 5.75 Å². The number of anilines is 1. The maximum Gasteiger partial charge on any atom is 0.335 e. The first-order valence-electron chi connectivity index (χ1n) is 10.3. The number of barbiturate groups is 1. The van der Waals surface area contributed by atoms with Gasteiger partial charge in [-0.2, -0.15) is 0 Å². The van der Waals surface area contributed by atoms with Crippen LogP contribution < -0.4 is 15.0 Å². The molecule has 0 aromatic heterocycles. The van der Waals surface area contributed by atoms with Gasteiger partial charge in [-0.25, -0.2) is 9.69 Å². The van der Waals surface area contributed by atoms with E-state index in [1.165, 1.54) is 6.08 Å². The van der Waals surface area contributed by atoms with Gasteiger partial charge < -0.3 is 4.74 Å². The molecule has 1 N–H and O–H groups in total. The molecular formula is C26H21ClN2O4. The Morgan fingerprint density at radius 2 is 1.55 bits per heavy atom. The highest BCUT2D eigenvalue weighted by molar-refractivity contribution is 6.39. The molecule has 0 atom stereocenters. The number of aryl methyl sites for hydroxylation is 2. The highest BCUT2D eigenvalue weighted by atomic mass is 35.5. The number of amides is 4. The third-order valence-electron chi connectivity index (χ3n) is 5.18. The molecule has 6 nitrogen and oxygen atoms in total. The number of nitrogens with zero attached hydrogens (tertiary/aromatic N) is 1. The summed E-state index contributed by atoms with van der Waals surface area (Å²) >= 11 is 6.17. The van der Waals surface area contributed by atoms with Crippen molar-refractivity contribution < 1.29 is 19.1 Å². The highest BCUT2D eigenvalue weighted by Crippen LogP contribution is 2.28. The summed E-state index contributed by atoms with van der Waals surface area (Å²) in [5.74, 6) is -1.05. The number of carbonyl (C=O) groups excluding carboxylic acids is 3. The number of carbonyl (C=O) groups is 3. The van der Waals surface area contributed by atoms with E-state index in [1.807, 2.05) is 38.1 Å². The van der Waals surface area contributed by atoms with E-state index in [0.29, 0.717) is 28.6 Å². The molecule has 7 heteroatoms. The van der Waals surface area contributed by atoms with Crippen LogP contribution in [0.4, 0.5) is 10.5 Å². The van der Waals surface area contributed by atoms with Gasteiger partial charge in [0.1, 0.15) is 17.9 Å². The van der Waals surface area contributed by atoms with E-state index in [1.54, 1.807) is 42.5 Å². The molecule has 1 aliphatic rings. The summed E-state index contributed by atoms with van der Waals surface area (Å²) in [5, 5.41) is 2.64. The minimum atomic E-state index is -0.798. The normalized spacial score (nSPS) is 15.1. The number of urea groups is 1. The third-order valence-corrected chi connectivity index (χ3v) is 5.42. The molecule has 0 saturated carbocycles. The van der Waals surface area contributed by atoms with Crippen LogP contribution in [0.15, 0.2) is 72.3 Å². The molecule has 3 aromatic carbocycles. The quantitative estimate of drug-likeness (QED) is 0.419. The van der Waals surface area contributed by atoms with Gasteiger partial charge in [-0.3, -0.25) is 14.9 Å². The first-order valence-corrected chi connectivity index (χ1v) is 10.7. The summed E-state index contributed by atoms with van der Waals surface area (Å²) in [6, 6.07) is 18.9. The molecule has 1 saturated heterocycles. The van der Waals surface area contributed by atoms with Crippen molar-refractivity contribution in [3.05, 3.63) is 99.6 Å². The molecule has 0 radical (unpaired) electrons. The molecule has 1 fully saturated rings. The first kappa shape index (κ1) is 22.3. The lowest BCUT2D eigenvalue weighted by molar-refractivity contribution is -0.122. The zero-order valence-electron chi connectivity index (χ0n) is 18.1. The van der Waals surface area contributed by atoms with Crippen molar-refractivity contribution >= 4 is 41.2 Å². The van der Waals surface area contributed by atoms with Gasteiger partial charge in [0.2, 0.25) is 0 Å². The van der Waals surface area contributed by atoms with Crippen LogP contribution in [0.1, 0.15) is 22.3 Å². The predicted octanol–water partition coefficient (Wildman–Crippen LogP) is 5.20. The Balaban J connectivity index is 1.66. The monoisotopic (exact) mass is 460 g/mol. The van der Waals surface area contributed by atoms with E-state index < -0.39 is 17.8 Å². The molecule has 3 aromatic rings. The maximum absolute atomic E-state index is 13.1. The van der Waals surface area contributed by atoms with Gasteiger partial charge in [0, 0.05) is 10.6 Å². The van der Waals surface area contributed by atoms with Gasteiger partial charge in [0.15, 0.2) is 0 Å². The lowest BCUT2D eigenvalue weighted by Crippen LogP contribution is -2.54. The number of nitrogens with one attached hydrogen (secondary N) is 1. The number of halogens is 1. The summed E-state index contributed by atoms with van der Waals surface area (Å²) in [7, 11) is 0. The minimum Gasteiger partial charge on any atom is -0.488 e. The van der Waals surface area contributed by atoms with Gasteiger partial charge in [0.05, 0.1) is 5.69 Å². The summed E-state index contributed by atoms with van der Waals surface area (Å²) in [4.78, 5) is 39.0. The van der Waals surface area contributed by atoms with Crippen LogP contribution in [-0.4, -0.2) is 17.8 Å². The van der Waals surface area contributed by atoms with Crippen LogP contribution in [0, 0.1) is 13.8 Å². The average molecular weight is 461 g/mol. The van der Waals surface area contributed by atoms with Crippen LogP contribution in [0.3, 0.4) is 0 Å². The average Bonchev–Trinajstić information content (AvgIpc) is 2.78. The van der Waals surface area contributed by atoms with E-state index >= 15 is 0 Å². The van der Waals surface area contributed by atoms with Gasteiger partial charge in [-0.1, -0.05) is 59.1 Å². The second-order valence-corrected chi connectivity index (χ2v) is 8.19. The van der Waals surface area contributed by atoms with Crippen LogP contribution in [-0.2, 0) is 16.2 Å². The molecular weight excluding hydrogens is 440 g/mol. The van der Waals surface area contributed by atoms with Crippen molar-refractivity contribution in [2.75, 3.05) is 4.90 Å².